The first kappa shape index (κ1) is 22.3. The highest BCUT2D eigenvalue weighted by Gasteiger charge is 2.14. The molecule has 0 aliphatic heterocycles. The van der Waals surface area contributed by atoms with Gasteiger partial charge in [0.2, 0.25) is 10.0 Å². The van der Waals surface area contributed by atoms with Gasteiger partial charge in [0, 0.05) is 24.2 Å². The van der Waals surface area contributed by atoms with Crippen LogP contribution in [0.5, 0.6) is 0 Å². The number of sulfonamides is 1. The first-order valence-electron chi connectivity index (χ1n) is 9.47. The molecule has 0 fully saturated rings. The Hall–Kier alpha value is -3.36. The predicted octanol–water partition coefficient (Wildman–Crippen LogP) is 3.44. The second-order valence-corrected chi connectivity index (χ2v) is 8.68. The van der Waals surface area contributed by atoms with Gasteiger partial charge in [-0.05, 0) is 54.4 Å². The molecule has 0 spiro atoms. The second kappa shape index (κ2) is 9.63. The summed E-state index contributed by atoms with van der Waals surface area (Å²) in [4.78, 5) is 23.6. The largest absolute Gasteiger partial charge is 0.348 e. The maximum absolute atomic E-state index is 12.9. The van der Waals surface area contributed by atoms with Crippen molar-refractivity contribution in [2.45, 2.75) is 24.9 Å². The molecule has 0 radical (unpaired) electrons. The zero-order valence-electron chi connectivity index (χ0n) is 16.8. The summed E-state index contributed by atoms with van der Waals surface area (Å²) >= 11 is 0. The lowest BCUT2D eigenvalue weighted by Crippen LogP contribution is -2.24. The van der Waals surface area contributed by atoms with E-state index in [-0.39, 0.29) is 35.5 Å². The number of Topliss-reactive ketones (excluding diaryl/α,β-unsaturated/α-hetero) is 1. The van der Waals surface area contributed by atoms with E-state index in [9.17, 15) is 22.4 Å². The SMILES string of the molecule is CC(=O)c1ccc(S(=O)(=O)NCc2ccc(C(=O)NCc3ccc(F)cc3)cc2)cc1. The predicted molar refractivity (Wildman–Crippen MR) is 114 cm³/mol. The van der Waals surface area contributed by atoms with Crippen LogP contribution in [0, 0.1) is 5.82 Å². The van der Waals surface area contributed by atoms with Crippen molar-refractivity contribution in [1.82, 2.24) is 10.0 Å². The summed E-state index contributed by atoms with van der Waals surface area (Å²) in [6.45, 7) is 1.73. The normalized spacial score (nSPS) is 11.2. The molecule has 6 nitrogen and oxygen atoms in total. The third-order valence-electron chi connectivity index (χ3n) is 4.62. The van der Waals surface area contributed by atoms with E-state index in [1.54, 1.807) is 36.4 Å². The van der Waals surface area contributed by atoms with Crippen LogP contribution in [0.15, 0.2) is 77.7 Å². The van der Waals surface area contributed by atoms with Crippen LogP contribution in [0.4, 0.5) is 4.39 Å². The first-order valence-corrected chi connectivity index (χ1v) is 11.0. The molecule has 160 valence electrons. The number of ketones is 1. The molecule has 2 N–H and O–H groups in total. The van der Waals surface area contributed by atoms with Gasteiger partial charge in [0.05, 0.1) is 4.90 Å². The minimum absolute atomic E-state index is 0.0499. The molecular weight excluding hydrogens is 419 g/mol. The molecule has 0 unspecified atom stereocenters. The van der Waals surface area contributed by atoms with E-state index in [0.717, 1.165) is 5.56 Å². The Morgan fingerprint density at radius 2 is 1.29 bits per heavy atom. The number of hydrogen-bond acceptors (Lipinski definition) is 4. The third kappa shape index (κ3) is 6.07. The van der Waals surface area contributed by atoms with Gasteiger partial charge < -0.3 is 5.32 Å². The van der Waals surface area contributed by atoms with Crippen molar-refractivity contribution in [3.63, 3.8) is 0 Å². The summed E-state index contributed by atoms with van der Waals surface area (Å²) in [5.74, 6) is -0.768. The third-order valence-corrected chi connectivity index (χ3v) is 6.04. The number of carbonyl (C=O) groups is 2. The average molecular weight is 440 g/mol. The average Bonchev–Trinajstić information content (AvgIpc) is 2.77. The number of nitrogens with one attached hydrogen (secondary N) is 2. The lowest BCUT2D eigenvalue weighted by atomic mass is 10.1. The molecule has 0 bridgehead atoms. The van der Waals surface area contributed by atoms with E-state index in [1.807, 2.05) is 0 Å². The Morgan fingerprint density at radius 1 is 0.774 bits per heavy atom. The zero-order chi connectivity index (χ0) is 22.4. The van der Waals surface area contributed by atoms with Gasteiger partial charge in [-0.1, -0.05) is 36.4 Å². The molecule has 8 heteroatoms. The highest BCUT2D eigenvalue weighted by atomic mass is 32.2. The number of hydrogen-bond donors (Lipinski definition) is 2. The van der Waals surface area contributed by atoms with Crippen LogP contribution in [-0.2, 0) is 23.1 Å². The van der Waals surface area contributed by atoms with E-state index in [0.29, 0.717) is 16.7 Å². The van der Waals surface area contributed by atoms with Gasteiger partial charge >= 0.3 is 0 Å². The zero-order valence-corrected chi connectivity index (χ0v) is 17.6. The molecular formula is C23H21FN2O4S. The highest BCUT2D eigenvalue weighted by molar-refractivity contribution is 7.89. The summed E-state index contributed by atoms with van der Waals surface area (Å²) in [6, 6.07) is 18.1. The van der Waals surface area contributed by atoms with E-state index in [4.69, 9.17) is 0 Å². The minimum atomic E-state index is -3.74. The summed E-state index contributed by atoms with van der Waals surface area (Å²) in [6.07, 6.45) is 0. The molecule has 0 saturated carbocycles. The van der Waals surface area contributed by atoms with Crippen LogP contribution in [0.2, 0.25) is 0 Å². The van der Waals surface area contributed by atoms with Crippen molar-refractivity contribution in [3.8, 4) is 0 Å². The van der Waals surface area contributed by atoms with E-state index < -0.39 is 10.0 Å². The fourth-order valence-electron chi connectivity index (χ4n) is 2.79. The molecule has 1 amide bonds. The fraction of sp³-hybridized carbons (Fsp3) is 0.130. The van der Waals surface area contributed by atoms with Crippen LogP contribution in [0.1, 0.15) is 38.8 Å². The van der Waals surface area contributed by atoms with Crippen LogP contribution in [-0.4, -0.2) is 20.1 Å². The number of rotatable bonds is 8. The Kier molecular flexibility index (Phi) is 6.94. The Bertz CT molecular complexity index is 1170. The first-order chi connectivity index (χ1) is 14.7. The Labute approximate surface area is 180 Å². The van der Waals surface area contributed by atoms with Crippen molar-refractivity contribution in [2.24, 2.45) is 0 Å². The molecule has 0 heterocycles. The van der Waals surface area contributed by atoms with E-state index >= 15 is 0 Å². The summed E-state index contributed by atoms with van der Waals surface area (Å²) in [7, 11) is -3.74. The van der Waals surface area contributed by atoms with Gasteiger partial charge in [-0.15, -0.1) is 0 Å². The molecule has 0 atom stereocenters. The molecule has 0 saturated heterocycles. The molecule has 0 aliphatic carbocycles. The maximum Gasteiger partial charge on any atom is 0.251 e. The van der Waals surface area contributed by atoms with Crippen LogP contribution in [0.3, 0.4) is 0 Å². The lowest BCUT2D eigenvalue weighted by Gasteiger charge is -2.09. The van der Waals surface area contributed by atoms with Crippen molar-refractivity contribution in [1.29, 1.82) is 0 Å². The molecule has 3 rings (SSSR count). The Balaban J connectivity index is 1.56. The van der Waals surface area contributed by atoms with Crippen molar-refractivity contribution in [3.05, 3.63) is 101 Å². The molecule has 3 aromatic carbocycles. The van der Waals surface area contributed by atoms with Gasteiger partial charge in [-0.3, -0.25) is 9.59 Å². The summed E-state index contributed by atoms with van der Waals surface area (Å²) in [5, 5.41) is 2.75. The maximum atomic E-state index is 12.9. The summed E-state index contributed by atoms with van der Waals surface area (Å²) in [5.41, 5.74) is 2.32. The van der Waals surface area contributed by atoms with E-state index in [1.165, 1.54) is 43.3 Å². The number of halogens is 1. The quantitative estimate of drug-likeness (QED) is 0.525. The van der Waals surface area contributed by atoms with Gasteiger partial charge in [-0.25, -0.2) is 17.5 Å². The minimum Gasteiger partial charge on any atom is -0.348 e. The van der Waals surface area contributed by atoms with Crippen molar-refractivity contribution < 1.29 is 22.4 Å². The van der Waals surface area contributed by atoms with Gasteiger partial charge in [-0.2, -0.15) is 0 Å². The van der Waals surface area contributed by atoms with Crippen molar-refractivity contribution in [2.75, 3.05) is 0 Å². The summed E-state index contributed by atoms with van der Waals surface area (Å²) < 4.78 is 40.3. The number of carbonyl (C=O) groups excluding carboxylic acids is 2. The Morgan fingerprint density at radius 3 is 1.87 bits per heavy atom. The molecule has 3 aromatic rings. The van der Waals surface area contributed by atoms with E-state index in [2.05, 4.69) is 10.0 Å². The van der Waals surface area contributed by atoms with Gasteiger partial charge in [0.25, 0.3) is 5.91 Å². The number of benzene rings is 3. The van der Waals surface area contributed by atoms with Crippen LogP contribution in [0.25, 0.3) is 0 Å². The topological polar surface area (TPSA) is 92.3 Å². The molecule has 31 heavy (non-hydrogen) atoms. The number of amides is 1. The smallest absolute Gasteiger partial charge is 0.251 e. The van der Waals surface area contributed by atoms with Crippen LogP contribution < -0.4 is 10.0 Å². The van der Waals surface area contributed by atoms with Gasteiger partial charge in [0.15, 0.2) is 5.78 Å². The van der Waals surface area contributed by atoms with Crippen molar-refractivity contribution >= 4 is 21.7 Å². The van der Waals surface area contributed by atoms with Gasteiger partial charge in [0.1, 0.15) is 5.82 Å². The monoisotopic (exact) mass is 440 g/mol. The fourth-order valence-corrected chi connectivity index (χ4v) is 3.81. The molecule has 0 aromatic heterocycles. The molecule has 0 aliphatic rings. The van der Waals surface area contributed by atoms with Crippen LogP contribution >= 0.6 is 0 Å². The second-order valence-electron chi connectivity index (χ2n) is 6.91. The lowest BCUT2D eigenvalue weighted by molar-refractivity contribution is 0.0950. The standard InChI is InChI=1S/C23H21FN2O4S/c1-16(27)19-8-12-22(13-9-19)31(29,30)26-15-18-2-6-20(7-3-18)23(28)25-14-17-4-10-21(24)11-5-17/h2-13,26H,14-15H2,1H3,(H,25,28). The highest BCUT2D eigenvalue weighted by Crippen LogP contribution is 2.12.